The molecule has 2 heterocycles. The molecule has 0 radical (unpaired) electrons. The van der Waals surface area contributed by atoms with Gasteiger partial charge in [0.15, 0.2) is 0 Å². The molecule has 2 heteroatoms. The molecule has 0 atom stereocenters. The summed E-state index contributed by atoms with van der Waals surface area (Å²) in [5.74, 6) is 0. The minimum Gasteiger partial charge on any atom is -0.456 e. The molecular formula is C52H32O2. The molecule has 1 aliphatic rings. The van der Waals surface area contributed by atoms with Crippen molar-refractivity contribution in [2.24, 2.45) is 0 Å². The Labute approximate surface area is 310 Å². The topological polar surface area (TPSA) is 26.3 Å². The zero-order valence-corrected chi connectivity index (χ0v) is 29.4. The molecule has 0 unspecified atom stereocenters. The highest BCUT2D eigenvalue weighted by atomic mass is 16.3. The lowest BCUT2D eigenvalue weighted by Crippen LogP contribution is -1.97. The van der Waals surface area contributed by atoms with Crippen LogP contribution in [0, 0.1) is 0 Å². The lowest BCUT2D eigenvalue weighted by Gasteiger charge is -2.21. The average Bonchev–Trinajstić information content (AvgIpc) is 3.81. The van der Waals surface area contributed by atoms with Crippen molar-refractivity contribution >= 4 is 98.1 Å². The van der Waals surface area contributed by atoms with Crippen LogP contribution in [0.3, 0.4) is 0 Å². The fraction of sp³-hybridized carbons (Fsp3) is 0.0385. The van der Waals surface area contributed by atoms with Gasteiger partial charge in [-0.05, 0) is 120 Å². The smallest absolute Gasteiger partial charge is 0.144 e. The Morgan fingerprint density at radius 2 is 0.944 bits per heavy atom. The van der Waals surface area contributed by atoms with Crippen LogP contribution in [0.4, 0.5) is 0 Å². The standard InChI is InChI=1S/C52H32O2/c1-2-10-35-29-37(22-19-31(35)9-1)49-41-14-5-3-12-39(41)48(40-13-4-6-15-42(40)49)33-20-17-32(18-21-33)36-24-27-44-47(30-36)53-46-28-25-34-23-26-43-38-11-7-8-16-45(38)54-52(43)50(34)51(44)46/h1-17,19-20,22-30H,18,21H2. The Morgan fingerprint density at radius 3 is 1.72 bits per heavy atom. The summed E-state index contributed by atoms with van der Waals surface area (Å²) in [5, 5.41) is 14.5. The third-order valence-electron chi connectivity index (χ3n) is 11.8. The Hall–Kier alpha value is -6.90. The first kappa shape index (κ1) is 29.7. The molecule has 54 heavy (non-hydrogen) atoms. The van der Waals surface area contributed by atoms with Gasteiger partial charge in [-0.1, -0.05) is 133 Å². The fourth-order valence-corrected chi connectivity index (χ4v) is 9.27. The van der Waals surface area contributed by atoms with Gasteiger partial charge in [0.05, 0.1) is 0 Å². The lowest BCUT2D eigenvalue weighted by molar-refractivity contribution is 0.667. The molecule has 0 amide bonds. The van der Waals surface area contributed by atoms with Crippen molar-refractivity contribution < 1.29 is 8.83 Å². The zero-order chi connectivity index (χ0) is 35.3. The SMILES string of the molecule is C1=C(c2ccc3c(c2)oc2ccc4ccc5c6ccccc6oc5c4c23)CCC(c2c3ccccc3c(-c3ccc4ccccc4c3)c3ccccc23)=C1. The van der Waals surface area contributed by atoms with Gasteiger partial charge >= 0.3 is 0 Å². The van der Waals surface area contributed by atoms with Gasteiger partial charge in [-0.15, -0.1) is 0 Å². The molecule has 0 saturated carbocycles. The number of benzene rings is 9. The summed E-state index contributed by atoms with van der Waals surface area (Å²) in [6.45, 7) is 0. The molecule has 0 fully saturated rings. The summed E-state index contributed by atoms with van der Waals surface area (Å²) in [7, 11) is 0. The minimum atomic E-state index is 0.883. The van der Waals surface area contributed by atoms with E-state index in [1.807, 2.05) is 12.1 Å². The monoisotopic (exact) mass is 688 g/mol. The summed E-state index contributed by atoms with van der Waals surface area (Å²) >= 11 is 0. The largest absolute Gasteiger partial charge is 0.456 e. The minimum absolute atomic E-state index is 0.883. The molecule has 0 bridgehead atoms. The van der Waals surface area contributed by atoms with E-state index in [1.165, 1.54) is 65.7 Å². The normalized spacial score (nSPS) is 13.6. The van der Waals surface area contributed by atoms with Gasteiger partial charge in [0.1, 0.15) is 22.3 Å². The van der Waals surface area contributed by atoms with E-state index >= 15 is 0 Å². The number of allylic oxidation sites excluding steroid dienone is 4. The Bertz CT molecular complexity index is 3380. The van der Waals surface area contributed by atoms with Crippen LogP contribution in [-0.4, -0.2) is 0 Å². The van der Waals surface area contributed by atoms with Crippen molar-refractivity contribution in [2.75, 3.05) is 0 Å². The highest BCUT2D eigenvalue weighted by Gasteiger charge is 2.21. The highest BCUT2D eigenvalue weighted by molar-refractivity contribution is 6.28. The fourth-order valence-electron chi connectivity index (χ4n) is 9.27. The lowest BCUT2D eigenvalue weighted by atomic mass is 9.82. The van der Waals surface area contributed by atoms with E-state index in [-0.39, 0.29) is 0 Å². The van der Waals surface area contributed by atoms with Gasteiger partial charge in [-0.25, -0.2) is 0 Å². The maximum absolute atomic E-state index is 6.59. The quantitative estimate of drug-likeness (QED) is 0.173. The average molecular weight is 689 g/mol. The Morgan fingerprint density at radius 1 is 0.333 bits per heavy atom. The number of hydrogen-bond donors (Lipinski definition) is 0. The van der Waals surface area contributed by atoms with Crippen LogP contribution < -0.4 is 0 Å². The van der Waals surface area contributed by atoms with Crippen molar-refractivity contribution in [2.45, 2.75) is 12.8 Å². The summed E-state index contributed by atoms with van der Waals surface area (Å²) in [5.41, 5.74) is 11.4. The van der Waals surface area contributed by atoms with E-state index in [2.05, 4.69) is 158 Å². The van der Waals surface area contributed by atoms with E-state index in [1.54, 1.807) is 0 Å². The van der Waals surface area contributed by atoms with Gasteiger partial charge < -0.3 is 8.83 Å². The summed E-state index contributed by atoms with van der Waals surface area (Å²) < 4.78 is 13.1. The first-order valence-corrected chi connectivity index (χ1v) is 18.8. The van der Waals surface area contributed by atoms with E-state index in [0.29, 0.717) is 0 Å². The molecule has 0 saturated heterocycles. The van der Waals surface area contributed by atoms with Crippen molar-refractivity contribution in [1.82, 2.24) is 0 Å². The van der Waals surface area contributed by atoms with Crippen molar-refractivity contribution in [1.29, 1.82) is 0 Å². The molecule has 0 spiro atoms. The number of rotatable bonds is 3. The van der Waals surface area contributed by atoms with Crippen LogP contribution in [0.15, 0.2) is 179 Å². The predicted octanol–water partition coefficient (Wildman–Crippen LogP) is 15.0. The van der Waals surface area contributed by atoms with E-state index in [0.717, 1.165) is 67.5 Å². The molecule has 2 aromatic heterocycles. The maximum atomic E-state index is 6.59. The number of furan rings is 2. The first-order chi connectivity index (χ1) is 26.8. The number of fused-ring (bicyclic) bond motifs is 12. The van der Waals surface area contributed by atoms with Crippen molar-refractivity contribution in [3.63, 3.8) is 0 Å². The van der Waals surface area contributed by atoms with Gasteiger partial charge in [-0.2, -0.15) is 0 Å². The summed E-state index contributed by atoms with van der Waals surface area (Å²) in [6, 6.07) is 57.1. The molecule has 2 nitrogen and oxygen atoms in total. The number of para-hydroxylation sites is 1. The summed E-state index contributed by atoms with van der Waals surface area (Å²) in [6.07, 6.45) is 6.60. The van der Waals surface area contributed by atoms with Crippen LogP contribution in [0.1, 0.15) is 24.0 Å². The Kier molecular flexibility index (Phi) is 6.20. The van der Waals surface area contributed by atoms with Crippen LogP contribution in [0.25, 0.3) is 109 Å². The molecule has 12 rings (SSSR count). The molecule has 11 aromatic rings. The molecule has 1 aliphatic carbocycles. The maximum Gasteiger partial charge on any atom is 0.144 e. The predicted molar refractivity (Wildman–Crippen MR) is 228 cm³/mol. The van der Waals surface area contributed by atoms with E-state index < -0.39 is 0 Å². The third kappa shape index (κ3) is 4.28. The number of hydrogen-bond acceptors (Lipinski definition) is 2. The molecular weight excluding hydrogens is 657 g/mol. The van der Waals surface area contributed by atoms with E-state index in [9.17, 15) is 0 Å². The second kappa shape index (κ2) is 11.3. The van der Waals surface area contributed by atoms with Crippen LogP contribution in [0.2, 0.25) is 0 Å². The van der Waals surface area contributed by atoms with Crippen molar-refractivity contribution in [3.8, 4) is 11.1 Å². The molecule has 252 valence electrons. The highest BCUT2D eigenvalue weighted by Crippen LogP contribution is 2.46. The second-order valence-corrected chi connectivity index (χ2v) is 14.7. The van der Waals surface area contributed by atoms with Gasteiger partial charge in [0.2, 0.25) is 0 Å². The third-order valence-corrected chi connectivity index (χ3v) is 11.8. The molecule has 0 N–H and O–H groups in total. The second-order valence-electron chi connectivity index (χ2n) is 14.7. The van der Waals surface area contributed by atoms with E-state index in [4.69, 9.17) is 8.83 Å². The van der Waals surface area contributed by atoms with Crippen LogP contribution in [-0.2, 0) is 0 Å². The zero-order valence-electron chi connectivity index (χ0n) is 29.4. The van der Waals surface area contributed by atoms with Crippen LogP contribution >= 0.6 is 0 Å². The van der Waals surface area contributed by atoms with Gasteiger partial charge in [-0.3, -0.25) is 0 Å². The first-order valence-electron chi connectivity index (χ1n) is 18.8. The molecule has 9 aromatic carbocycles. The van der Waals surface area contributed by atoms with Crippen molar-refractivity contribution in [3.05, 3.63) is 181 Å². The van der Waals surface area contributed by atoms with Crippen LogP contribution in [0.5, 0.6) is 0 Å². The van der Waals surface area contributed by atoms with Gasteiger partial charge in [0.25, 0.3) is 0 Å². The Balaban J connectivity index is 0.989. The van der Waals surface area contributed by atoms with Gasteiger partial charge in [0, 0.05) is 26.9 Å². The summed E-state index contributed by atoms with van der Waals surface area (Å²) in [4.78, 5) is 0. The molecule has 0 aliphatic heterocycles.